The zero-order valence-electron chi connectivity index (χ0n) is 11.5. The van der Waals surface area contributed by atoms with Crippen molar-refractivity contribution in [1.29, 1.82) is 0 Å². The van der Waals surface area contributed by atoms with E-state index in [0.29, 0.717) is 12.3 Å². The minimum atomic E-state index is -1.09. The Labute approximate surface area is 106 Å². The average molecular weight is 258 g/mol. The Bertz CT molecular complexity index is 342. The second-order valence-electron chi connectivity index (χ2n) is 5.18. The number of carboxylic acid groups (broad SMARTS) is 1. The Morgan fingerprint density at radius 3 is 2.12 bits per heavy atom. The maximum atomic E-state index is 11.7. The maximum absolute atomic E-state index is 11.7. The molecule has 0 bridgehead atoms. The zero-order valence-corrected chi connectivity index (χ0v) is 13.5. The Morgan fingerprint density at radius 2 is 1.82 bits per heavy atom. The van der Waals surface area contributed by atoms with Crippen molar-refractivity contribution in [3.05, 3.63) is 11.1 Å². The number of carbonyl (C=O) groups is 2. The molecule has 0 aliphatic rings. The monoisotopic (exact) mass is 258 g/mol. The molecule has 1 N–H and O–H groups in total. The molecule has 0 unspecified atom stereocenters. The molecule has 0 aromatic heterocycles. The van der Waals surface area contributed by atoms with Gasteiger partial charge in [-0.05, 0) is 33.1 Å². The van der Waals surface area contributed by atoms with Crippen molar-refractivity contribution in [3.63, 3.8) is 0 Å². The molecular weight excluding hydrogens is 236 g/mol. The van der Waals surface area contributed by atoms with Crippen LogP contribution in [0, 0.1) is 11.3 Å². The SMILES string of the molecule is CC(CC(C)C)=C(C(=O)O)C(C)(C)C(=O)O[SiH3]. The van der Waals surface area contributed by atoms with Gasteiger partial charge in [-0.3, -0.25) is 4.79 Å². The molecule has 0 heterocycles. The minimum absolute atomic E-state index is 0.159. The van der Waals surface area contributed by atoms with Crippen molar-refractivity contribution >= 4 is 22.4 Å². The van der Waals surface area contributed by atoms with Gasteiger partial charge < -0.3 is 9.53 Å². The molecule has 5 heteroatoms. The van der Waals surface area contributed by atoms with Gasteiger partial charge in [-0.15, -0.1) is 0 Å². The molecule has 0 radical (unpaired) electrons. The van der Waals surface area contributed by atoms with Crippen LogP contribution in [0.4, 0.5) is 0 Å². The molecule has 0 atom stereocenters. The predicted molar refractivity (Wildman–Crippen MR) is 69.6 cm³/mol. The van der Waals surface area contributed by atoms with E-state index in [1.54, 1.807) is 20.8 Å². The Hall–Kier alpha value is -1.10. The van der Waals surface area contributed by atoms with Crippen LogP contribution < -0.4 is 0 Å². The number of carboxylic acids is 1. The smallest absolute Gasteiger partial charge is 0.332 e. The zero-order chi connectivity index (χ0) is 13.8. The predicted octanol–water partition coefficient (Wildman–Crippen LogP) is 1.28. The van der Waals surface area contributed by atoms with Crippen molar-refractivity contribution in [2.24, 2.45) is 11.3 Å². The number of allylic oxidation sites excluding steroid dienone is 1. The number of hydrogen-bond acceptors (Lipinski definition) is 3. The van der Waals surface area contributed by atoms with Gasteiger partial charge in [-0.2, -0.15) is 0 Å². The van der Waals surface area contributed by atoms with E-state index < -0.39 is 17.4 Å². The summed E-state index contributed by atoms with van der Waals surface area (Å²) in [4.78, 5) is 23.0. The van der Waals surface area contributed by atoms with Gasteiger partial charge in [0.05, 0.1) is 11.0 Å². The summed E-state index contributed by atoms with van der Waals surface area (Å²) in [5, 5.41) is 9.28. The third-order valence-electron chi connectivity index (χ3n) is 2.68. The van der Waals surface area contributed by atoms with E-state index in [9.17, 15) is 14.7 Å². The molecular formula is C12H22O4Si. The van der Waals surface area contributed by atoms with Gasteiger partial charge in [-0.25, -0.2) is 4.79 Å². The number of carbonyl (C=O) groups excluding carboxylic acids is 1. The molecule has 98 valence electrons. The Balaban J connectivity index is 5.52. The second-order valence-corrected chi connectivity index (χ2v) is 5.58. The quantitative estimate of drug-likeness (QED) is 0.596. The molecule has 0 aromatic rings. The number of rotatable bonds is 5. The molecule has 0 rings (SSSR count). The molecule has 0 fully saturated rings. The van der Waals surface area contributed by atoms with Crippen LogP contribution in [0.1, 0.15) is 41.0 Å². The van der Waals surface area contributed by atoms with Crippen LogP contribution in [0.5, 0.6) is 0 Å². The lowest BCUT2D eigenvalue weighted by Gasteiger charge is -2.25. The highest BCUT2D eigenvalue weighted by Crippen LogP contribution is 2.32. The second kappa shape index (κ2) is 6.00. The van der Waals surface area contributed by atoms with Crippen molar-refractivity contribution < 1.29 is 19.1 Å². The third-order valence-corrected chi connectivity index (χ3v) is 3.05. The van der Waals surface area contributed by atoms with Gasteiger partial charge in [0.2, 0.25) is 10.5 Å². The summed E-state index contributed by atoms with van der Waals surface area (Å²) in [6, 6.07) is 0. The lowest BCUT2D eigenvalue weighted by Crippen LogP contribution is -2.33. The van der Waals surface area contributed by atoms with E-state index in [1.807, 2.05) is 13.8 Å². The summed E-state index contributed by atoms with van der Waals surface area (Å²) in [7, 11) is 0.274. The van der Waals surface area contributed by atoms with E-state index >= 15 is 0 Å². The fourth-order valence-electron chi connectivity index (χ4n) is 2.06. The molecule has 0 amide bonds. The highest BCUT2D eigenvalue weighted by Gasteiger charge is 2.38. The molecule has 0 aliphatic heterocycles. The molecule has 0 saturated heterocycles. The van der Waals surface area contributed by atoms with Crippen molar-refractivity contribution in [2.45, 2.75) is 41.0 Å². The highest BCUT2D eigenvalue weighted by atomic mass is 28.2. The van der Waals surface area contributed by atoms with Gasteiger partial charge in [-0.1, -0.05) is 19.4 Å². The molecule has 17 heavy (non-hydrogen) atoms. The van der Waals surface area contributed by atoms with Crippen molar-refractivity contribution in [3.8, 4) is 0 Å². The minimum Gasteiger partial charge on any atom is -0.528 e. The van der Waals surface area contributed by atoms with Crippen LogP contribution in [-0.2, 0) is 14.0 Å². The van der Waals surface area contributed by atoms with Crippen LogP contribution in [-0.4, -0.2) is 27.5 Å². The molecule has 0 aromatic carbocycles. The fraction of sp³-hybridized carbons (Fsp3) is 0.667. The highest BCUT2D eigenvalue weighted by molar-refractivity contribution is 6.08. The van der Waals surface area contributed by atoms with Gasteiger partial charge in [0.15, 0.2) is 0 Å². The van der Waals surface area contributed by atoms with Gasteiger partial charge in [0.1, 0.15) is 0 Å². The van der Waals surface area contributed by atoms with Gasteiger partial charge in [0, 0.05) is 0 Å². The van der Waals surface area contributed by atoms with E-state index in [4.69, 9.17) is 4.43 Å². The largest absolute Gasteiger partial charge is 0.528 e. The summed E-state index contributed by atoms with van der Waals surface area (Å²) >= 11 is 0. The average Bonchev–Trinajstić information content (AvgIpc) is 2.13. The lowest BCUT2D eigenvalue weighted by molar-refractivity contribution is -0.145. The van der Waals surface area contributed by atoms with Crippen LogP contribution in [0.25, 0.3) is 0 Å². The van der Waals surface area contributed by atoms with Crippen LogP contribution >= 0.6 is 0 Å². The maximum Gasteiger partial charge on any atom is 0.332 e. The van der Waals surface area contributed by atoms with Crippen molar-refractivity contribution in [2.75, 3.05) is 0 Å². The Morgan fingerprint density at radius 1 is 1.35 bits per heavy atom. The fourth-order valence-corrected chi connectivity index (χ4v) is 2.57. The molecule has 0 spiro atoms. The standard InChI is InChI=1S/C12H22O4Si/c1-7(2)6-8(3)9(10(13)14)12(4,5)11(15)16-17/h7H,6H2,1-5,17H3,(H,13,14). The van der Waals surface area contributed by atoms with Gasteiger partial charge in [0.25, 0.3) is 0 Å². The number of aliphatic carboxylic acids is 1. The summed E-state index contributed by atoms with van der Waals surface area (Å²) in [6.45, 7) is 8.99. The molecule has 4 nitrogen and oxygen atoms in total. The first-order valence-corrected chi connectivity index (χ1v) is 6.48. The lowest BCUT2D eigenvalue weighted by atomic mass is 9.80. The van der Waals surface area contributed by atoms with E-state index in [-0.39, 0.29) is 16.1 Å². The van der Waals surface area contributed by atoms with Crippen LogP contribution in [0.3, 0.4) is 0 Å². The van der Waals surface area contributed by atoms with E-state index in [2.05, 4.69) is 0 Å². The molecule has 0 saturated carbocycles. The first-order valence-electron chi connectivity index (χ1n) is 5.66. The first-order chi connectivity index (χ1) is 7.64. The summed E-state index contributed by atoms with van der Waals surface area (Å²) in [6.07, 6.45) is 0.666. The summed E-state index contributed by atoms with van der Waals surface area (Å²) in [5.74, 6) is -1.16. The van der Waals surface area contributed by atoms with Crippen LogP contribution in [0.2, 0.25) is 0 Å². The topological polar surface area (TPSA) is 63.6 Å². The summed E-state index contributed by atoms with van der Waals surface area (Å²) < 4.78 is 4.80. The normalized spacial score (nSPS) is 13.5. The molecule has 0 aliphatic carbocycles. The van der Waals surface area contributed by atoms with E-state index in [0.717, 1.165) is 5.57 Å². The van der Waals surface area contributed by atoms with Gasteiger partial charge >= 0.3 is 11.9 Å². The number of hydrogen-bond donors (Lipinski definition) is 1. The Kier molecular flexibility index (Phi) is 5.61. The van der Waals surface area contributed by atoms with Crippen LogP contribution in [0.15, 0.2) is 11.1 Å². The third kappa shape index (κ3) is 4.00. The van der Waals surface area contributed by atoms with E-state index in [1.165, 1.54) is 0 Å². The summed E-state index contributed by atoms with van der Waals surface area (Å²) in [5.41, 5.74) is -0.191. The first kappa shape index (κ1) is 15.9. The van der Waals surface area contributed by atoms with Crippen molar-refractivity contribution in [1.82, 2.24) is 0 Å².